The van der Waals surface area contributed by atoms with Crippen molar-refractivity contribution in [2.75, 3.05) is 11.9 Å². The Morgan fingerprint density at radius 3 is 2.88 bits per heavy atom. The highest BCUT2D eigenvalue weighted by Gasteiger charge is 2.30. The summed E-state index contributed by atoms with van der Waals surface area (Å²) in [7, 11) is 0. The summed E-state index contributed by atoms with van der Waals surface area (Å²) in [5.41, 5.74) is 0.357. The molecule has 0 bridgehead atoms. The van der Waals surface area contributed by atoms with E-state index in [1.165, 1.54) is 0 Å². The van der Waals surface area contributed by atoms with E-state index in [1.807, 2.05) is 6.92 Å². The van der Waals surface area contributed by atoms with E-state index in [-0.39, 0.29) is 5.28 Å². The van der Waals surface area contributed by atoms with Gasteiger partial charge in [0.2, 0.25) is 5.28 Å². The Labute approximate surface area is 100 Å². The molecule has 1 fully saturated rings. The molecule has 0 aliphatic heterocycles. The molecule has 0 spiro atoms. The maximum Gasteiger partial charge on any atom is 0.224 e. The molecule has 1 aliphatic carbocycles. The van der Waals surface area contributed by atoms with Crippen LogP contribution in [0.5, 0.6) is 0 Å². The molecule has 0 aromatic carbocycles. The number of aliphatic hydroxyl groups is 1. The molecule has 5 heteroatoms. The van der Waals surface area contributed by atoms with Gasteiger partial charge in [-0.3, -0.25) is 0 Å². The zero-order chi connectivity index (χ0) is 11.6. The number of nitrogens with zero attached hydrogens (tertiary/aromatic N) is 2. The molecule has 1 aromatic rings. The molecule has 1 heterocycles. The highest BCUT2D eigenvalue weighted by Crippen LogP contribution is 2.29. The second-order valence-electron chi connectivity index (χ2n) is 4.46. The zero-order valence-electron chi connectivity index (χ0n) is 9.33. The van der Waals surface area contributed by atoms with Gasteiger partial charge in [0.25, 0.3) is 0 Å². The van der Waals surface area contributed by atoms with Gasteiger partial charge in [0.1, 0.15) is 5.82 Å². The molecule has 88 valence electrons. The van der Waals surface area contributed by atoms with Crippen molar-refractivity contribution < 1.29 is 5.11 Å². The highest BCUT2D eigenvalue weighted by molar-refractivity contribution is 6.28. The van der Waals surface area contributed by atoms with Crippen LogP contribution in [0.4, 0.5) is 5.82 Å². The van der Waals surface area contributed by atoms with Crippen molar-refractivity contribution in [1.82, 2.24) is 9.97 Å². The number of halogens is 1. The summed E-state index contributed by atoms with van der Waals surface area (Å²) in [5, 5.41) is 13.6. The van der Waals surface area contributed by atoms with Gasteiger partial charge in [0, 0.05) is 18.3 Å². The number of anilines is 1. The maximum absolute atomic E-state index is 10.2. The van der Waals surface area contributed by atoms with Crippen LogP contribution in [0.15, 0.2) is 6.20 Å². The second-order valence-corrected chi connectivity index (χ2v) is 4.79. The van der Waals surface area contributed by atoms with E-state index < -0.39 is 5.60 Å². The Hall–Kier alpha value is -0.870. The third kappa shape index (κ3) is 2.62. The Morgan fingerprint density at radius 1 is 1.50 bits per heavy atom. The van der Waals surface area contributed by atoms with Crippen molar-refractivity contribution in [3.05, 3.63) is 17.0 Å². The molecule has 2 N–H and O–H groups in total. The summed E-state index contributed by atoms with van der Waals surface area (Å²) in [5.74, 6) is 0.709. The summed E-state index contributed by atoms with van der Waals surface area (Å²) in [6.45, 7) is 2.44. The summed E-state index contributed by atoms with van der Waals surface area (Å²) in [6, 6.07) is 0. The number of hydrogen-bond acceptors (Lipinski definition) is 4. The Morgan fingerprint density at radius 2 is 2.19 bits per heavy atom. The molecule has 2 rings (SSSR count). The van der Waals surface area contributed by atoms with Crippen LogP contribution in [0, 0.1) is 6.92 Å². The van der Waals surface area contributed by atoms with Gasteiger partial charge in [-0.2, -0.15) is 0 Å². The van der Waals surface area contributed by atoms with Gasteiger partial charge in [-0.1, -0.05) is 12.8 Å². The fourth-order valence-electron chi connectivity index (χ4n) is 2.06. The first-order chi connectivity index (χ1) is 7.59. The minimum absolute atomic E-state index is 0.228. The summed E-state index contributed by atoms with van der Waals surface area (Å²) < 4.78 is 0. The lowest BCUT2D eigenvalue weighted by Gasteiger charge is -2.23. The van der Waals surface area contributed by atoms with Gasteiger partial charge in [0.15, 0.2) is 0 Å². The molecule has 0 amide bonds. The topological polar surface area (TPSA) is 58.0 Å². The van der Waals surface area contributed by atoms with E-state index in [2.05, 4.69) is 15.3 Å². The maximum atomic E-state index is 10.2. The standard InChI is InChI=1S/C11H16ClN3O/c1-8-6-13-10(12)15-9(8)14-7-11(16)4-2-3-5-11/h6,16H,2-5,7H2,1H3,(H,13,14,15). The predicted octanol–water partition coefficient (Wildman–Crippen LogP) is 2.16. The fraction of sp³-hybridized carbons (Fsp3) is 0.636. The quantitative estimate of drug-likeness (QED) is 0.797. The SMILES string of the molecule is Cc1cnc(Cl)nc1NCC1(O)CCCC1. The third-order valence-corrected chi connectivity index (χ3v) is 3.24. The van der Waals surface area contributed by atoms with E-state index >= 15 is 0 Å². The van der Waals surface area contributed by atoms with Crippen LogP contribution in [0.3, 0.4) is 0 Å². The first-order valence-electron chi connectivity index (χ1n) is 5.54. The third-order valence-electron chi connectivity index (χ3n) is 3.06. The number of aromatic nitrogens is 2. The lowest BCUT2D eigenvalue weighted by atomic mass is 10.0. The molecular formula is C11H16ClN3O. The Kier molecular flexibility index (Phi) is 3.30. The van der Waals surface area contributed by atoms with Gasteiger partial charge in [0.05, 0.1) is 5.60 Å². The van der Waals surface area contributed by atoms with Crippen LogP contribution in [0.1, 0.15) is 31.2 Å². The molecule has 0 atom stereocenters. The number of hydrogen-bond donors (Lipinski definition) is 2. The second kappa shape index (κ2) is 4.55. The molecule has 1 saturated carbocycles. The number of nitrogens with one attached hydrogen (secondary N) is 1. The van der Waals surface area contributed by atoms with Crippen molar-refractivity contribution in [2.45, 2.75) is 38.2 Å². The predicted molar refractivity (Wildman–Crippen MR) is 63.7 cm³/mol. The largest absolute Gasteiger partial charge is 0.388 e. The average Bonchev–Trinajstić information content (AvgIpc) is 2.67. The average molecular weight is 242 g/mol. The Balaban J connectivity index is 2.01. The van der Waals surface area contributed by atoms with Gasteiger partial charge in [-0.05, 0) is 31.4 Å². The molecule has 0 unspecified atom stereocenters. The summed E-state index contributed by atoms with van der Waals surface area (Å²) in [6.07, 6.45) is 5.59. The Bertz CT molecular complexity index is 377. The summed E-state index contributed by atoms with van der Waals surface area (Å²) >= 11 is 5.72. The normalized spacial score (nSPS) is 18.7. The van der Waals surface area contributed by atoms with E-state index in [0.717, 1.165) is 31.2 Å². The van der Waals surface area contributed by atoms with Crippen molar-refractivity contribution in [2.24, 2.45) is 0 Å². The number of aryl methyl sites for hydroxylation is 1. The molecule has 16 heavy (non-hydrogen) atoms. The van der Waals surface area contributed by atoms with Crippen LogP contribution in [0.2, 0.25) is 5.28 Å². The molecular weight excluding hydrogens is 226 g/mol. The van der Waals surface area contributed by atoms with Gasteiger partial charge in [-0.25, -0.2) is 9.97 Å². The van der Waals surface area contributed by atoms with Crippen molar-refractivity contribution >= 4 is 17.4 Å². The fourth-order valence-corrected chi connectivity index (χ4v) is 2.19. The molecule has 4 nitrogen and oxygen atoms in total. The van der Waals surface area contributed by atoms with E-state index in [9.17, 15) is 5.11 Å². The van der Waals surface area contributed by atoms with Gasteiger partial charge < -0.3 is 10.4 Å². The molecule has 0 saturated heterocycles. The van der Waals surface area contributed by atoms with Crippen molar-refractivity contribution in [1.29, 1.82) is 0 Å². The smallest absolute Gasteiger partial charge is 0.224 e. The monoisotopic (exact) mass is 241 g/mol. The summed E-state index contributed by atoms with van der Waals surface area (Å²) in [4.78, 5) is 7.99. The van der Waals surface area contributed by atoms with E-state index in [1.54, 1.807) is 6.20 Å². The number of rotatable bonds is 3. The van der Waals surface area contributed by atoms with E-state index in [0.29, 0.717) is 12.4 Å². The minimum Gasteiger partial charge on any atom is -0.388 e. The van der Waals surface area contributed by atoms with Gasteiger partial charge >= 0.3 is 0 Å². The van der Waals surface area contributed by atoms with E-state index in [4.69, 9.17) is 11.6 Å². The van der Waals surface area contributed by atoms with Crippen LogP contribution >= 0.6 is 11.6 Å². The van der Waals surface area contributed by atoms with Gasteiger partial charge in [-0.15, -0.1) is 0 Å². The van der Waals surface area contributed by atoms with Crippen molar-refractivity contribution in [3.63, 3.8) is 0 Å². The van der Waals surface area contributed by atoms with Crippen molar-refractivity contribution in [3.8, 4) is 0 Å². The zero-order valence-corrected chi connectivity index (χ0v) is 10.1. The first kappa shape index (κ1) is 11.6. The first-order valence-corrected chi connectivity index (χ1v) is 5.92. The molecule has 1 aromatic heterocycles. The molecule has 1 aliphatic rings. The van der Waals surface area contributed by atoms with Crippen LogP contribution in [-0.2, 0) is 0 Å². The van der Waals surface area contributed by atoms with Crippen LogP contribution < -0.4 is 5.32 Å². The molecule has 0 radical (unpaired) electrons. The highest BCUT2D eigenvalue weighted by atomic mass is 35.5. The lowest BCUT2D eigenvalue weighted by Crippen LogP contribution is -2.33. The lowest BCUT2D eigenvalue weighted by molar-refractivity contribution is 0.0614. The van der Waals surface area contributed by atoms with Crippen LogP contribution in [0.25, 0.3) is 0 Å². The van der Waals surface area contributed by atoms with Crippen LogP contribution in [-0.4, -0.2) is 27.2 Å². The minimum atomic E-state index is -0.579.